The maximum absolute atomic E-state index is 12.8. The Morgan fingerprint density at radius 2 is 1.64 bits per heavy atom. The topological polar surface area (TPSA) is 91.7 Å². The fraction of sp³-hybridized carbons (Fsp3) is 0.788. The van der Waals surface area contributed by atoms with E-state index >= 15 is 0 Å². The Balaban J connectivity index is 1.27. The molecule has 1 aromatic carbocycles. The number of fused-ring (bicyclic) bond motifs is 5. The van der Waals surface area contributed by atoms with Gasteiger partial charge in [0, 0.05) is 6.42 Å². The first-order valence-corrected chi connectivity index (χ1v) is 17.2. The van der Waals surface area contributed by atoms with E-state index < -0.39 is 15.6 Å². The molecule has 4 saturated carbocycles. The van der Waals surface area contributed by atoms with Crippen molar-refractivity contribution in [1.29, 1.82) is 0 Å². The zero-order chi connectivity index (χ0) is 28.2. The van der Waals surface area contributed by atoms with Crippen molar-refractivity contribution in [1.82, 2.24) is 0 Å². The number of carbonyl (C=O) groups excluding carboxylic acids is 1. The molecule has 2 N–H and O–H groups in total. The summed E-state index contributed by atoms with van der Waals surface area (Å²) in [5.74, 6) is 2.22. The van der Waals surface area contributed by atoms with E-state index in [1.807, 2.05) is 0 Å². The zero-order valence-electron chi connectivity index (χ0n) is 24.4. The molecule has 11 atom stereocenters. The van der Waals surface area contributed by atoms with Crippen LogP contribution in [0.2, 0.25) is 0 Å². The van der Waals surface area contributed by atoms with Crippen LogP contribution in [0.15, 0.2) is 35.2 Å². The van der Waals surface area contributed by atoms with Crippen molar-refractivity contribution in [3.8, 4) is 0 Å². The van der Waals surface area contributed by atoms with Crippen LogP contribution in [-0.2, 0) is 14.6 Å². The van der Waals surface area contributed by atoms with E-state index in [1.54, 1.807) is 30.3 Å². The summed E-state index contributed by atoms with van der Waals surface area (Å²) < 4.78 is 25.4. The van der Waals surface area contributed by atoms with Crippen molar-refractivity contribution < 1.29 is 23.4 Å². The Morgan fingerprint density at radius 3 is 2.33 bits per heavy atom. The highest BCUT2D eigenvalue weighted by Gasteiger charge is 2.64. The largest absolute Gasteiger partial charge is 0.393 e. The lowest BCUT2D eigenvalue weighted by atomic mass is 9.41. The van der Waals surface area contributed by atoms with Gasteiger partial charge in [-0.25, -0.2) is 8.42 Å². The third-order valence-electron chi connectivity index (χ3n) is 12.5. The number of ketones is 1. The third kappa shape index (κ3) is 5.05. The minimum atomic E-state index is -3.60. The van der Waals surface area contributed by atoms with Gasteiger partial charge in [0.15, 0.2) is 9.84 Å². The molecule has 4 fully saturated rings. The number of rotatable bonds is 8. The minimum absolute atomic E-state index is 0.149. The van der Waals surface area contributed by atoms with Gasteiger partial charge < -0.3 is 10.2 Å². The highest BCUT2D eigenvalue weighted by atomic mass is 32.2. The average Bonchev–Trinajstić information content (AvgIpc) is 3.26. The van der Waals surface area contributed by atoms with Crippen molar-refractivity contribution in [2.75, 3.05) is 5.75 Å². The molecule has 0 saturated heterocycles. The van der Waals surface area contributed by atoms with Gasteiger partial charge in [-0.15, -0.1) is 0 Å². The van der Waals surface area contributed by atoms with Crippen LogP contribution in [0, 0.1) is 52.3 Å². The summed E-state index contributed by atoms with van der Waals surface area (Å²) in [5.41, 5.74) is 0.349. The molecule has 4 aliphatic rings. The first-order valence-electron chi connectivity index (χ1n) is 15.6. The maximum Gasteiger partial charge on any atom is 0.185 e. The Kier molecular flexibility index (Phi) is 8.16. The molecule has 0 amide bonds. The quantitative estimate of drug-likeness (QED) is 0.404. The van der Waals surface area contributed by atoms with E-state index in [9.17, 15) is 23.4 Å². The summed E-state index contributed by atoms with van der Waals surface area (Å²) in [6.45, 7) is 9.40. The maximum atomic E-state index is 12.8. The number of hydrogen-bond donors (Lipinski definition) is 2. The molecule has 0 heterocycles. The predicted molar refractivity (Wildman–Crippen MR) is 154 cm³/mol. The van der Waals surface area contributed by atoms with E-state index in [-0.39, 0.29) is 39.6 Å². The van der Waals surface area contributed by atoms with Crippen LogP contribution in [0.1, 0.15) is 91.9 Å². The van der Waals surface area contributed by atoms with Gasteiger partial charge in [0.25, 0.3) is 0 Å². The first-order chi connectivity index (χ1) is 18.4. The molecule has 5 rings (SSSR count). The Bertz CT molecular complexity index is 1130. The molecule has 5 nitrogen and oxygen atoms in total. The predicted octanol–water partition coefficient (Wildman–Crippen LogP) is 6.07. The minimum Gasteiger partial charge on any atom is -0.393 e. The number of benzene rings is 1. The summed E-state index contributed by atoms with van der Waals surface area (Å²) >= 11 is 0. The van der Waals surface area contributed by atoms with E-state index in [2.05, 4.69) is 27.7 Å². The Morgan fingerprint density at radius 1 is 0.974 bits per heavy atom. The number of sulfone groups is 1. The molecular weight excluding hydrogens is 508 g/mol. The van der Waals surface area contributed by atoms with E-state index in [0.717, 1.165) is 51.4 Å². The molecular formula is C33H50O5S. The molecule has 0 aliphatic heterocycles. The second kappa shape index (κ2) is 10.9. The normalized spacial score (nSPS) is 42.7. The summed E-state index contributed by atoms with van der Waals surface area (Å²) in [7, 11) is -3.60. The molecule has 0 spiro atoms. The van der Waals surface area contributed by atoms with Crippen LogP contribution in [0.4, 0.5) is 0 Å². The average molecular weight is 559 g/mol. The van der Waals surface area contributed by atoms with E-state index in [1.165, 1.54) is 6.42 Å². The molecule has 6 heteroatoms. The lowest BCUT2D eigenvalue weighted by Gasteiger charge is -2.64. The lowest BCUT2D eigenvalue weighted by Crippen LogP contribution is -2.62. The van der Waals surface area contributed by atoms with Gasteiger partial charge in [0.05, 0.1) is 17.1 Å². The highest BCUT2D eigenvalue weighted by Crippen LogP contribution is 2.69. The smallest absolute Gasteiger partial charge is 0.185 e. The number of hydrogen-bond acceptors (Lipinski definition) is 5. The Hall–Kier alpha value is -1.24. The van der Waals surface area contributed by atoms with Gasteiger partial charge in [-0.3, -0.25) is 4.79 Å². The van der Waals surface area contributed by atoms with Crippen molar-refractivity contribution in [3.05, 3.63) is 30.3 Å². The van der Waals surface area contributed by atoms with Crippen molar-refractivity contribution >= 4 is 15.6 Å². The van der Waals surface area contributed by atoms with Gasteiger partial charge in [0.2, 0.25) is 0 Å². The monoisotopic (exact) mass is 558 g/mol. The summed E-state index contributed by atoms with van der Waals surface area (Å²) in [5, 5.41) is 22.4. The fourth-order valence-corrected chi connectivity index (χ4v) is 11.8. The second-order valence-corrected chi connectivity index (χ2v) is 16.2. The van der Waals surface area contributed by atoms with Gasteiger partial charge in [-0.05, 0) is 116 Å². The van der Waals surface area contributed by atoms with Crippen LogP contribution in [-0.4, -0.2) is 42.4 Å². The van der Waals surface area contributed by atoms with Crippen molar-refractivity contribution in [2.24, 2.45) is 52.3 Å². The number of carbonyl (C=O) groups is 1. The summed E-state index contributed by atoms with van der Waals surface area (Å²) in [4.78, 5) is 13.0. The molecule has 0 bridgehead atoms. The standard InChI is InChI=1S/C33H50O5S/c1-5-25-29-19-22(34)15-17-33(29,4)28-16-18-32(3)26(13-14-27(32)30(28)31(25)36)21(2)11-12-23(35)20-39(37,38)24-9-7-6-8-10-24/h6-10,21-22,25-31,34,36H,5,11-20H2,1-4H3/t21-,22-,25-,26-,27+,28+,29+,30+,31-,32-,33-/m1/s1. The van der Waals surface area contributed by atoms with Gasteiger partial charge in [0.1, 0.15) is 11.5 Å². The lowest BCUT2D eigenvalue weighted by molar-refractivity contribution is -0.203. The fourth-order valence-electron chi connectivity index (χ4n) is 10.5. The van der Waals surface area contributed by atoms with E-state index in [4.69, 9.17) is 0 Å². The second-order valence-electron chi connectivity index (χ2n) is 14.2. The van der Waals surface area contributed by atoms with Gasteiger partial charge in [-0.1, -0.05) is 52.3 Å². The molecule has 0 aromatic heterocycles. The third-order valence-corrected chi connectivity index (χ3v) is 14.2. The van der Waals surface area contributed by atoms with Gasteiger partial charge >= 0.3 is 0 Å². The number of aliphatic hydroxyl groups is 2. The SMILES string of the molecule is CC[C@H]1[C@@H](O)[C@@H]2[C@H](CC[C@]3(C)[C@@H]([C@H](C)CCC(=O)CS(=O)(=O)c4ccccc4)CC[C@@H]23)[C@@]2(C)CC[C@@H](O)C[C@@H]12. The van der Waals surface area contributed by atoms with Gasteiger partial charge in [-0.2, -0.15) is 0 Å². The Labute approximate surface area is 236 Å². The molecule has 0 unspecified atom stereocenters. The molecule has 1 aromatic rings. The molecule has 39 heavy (non-hydrogen) atoms. The van der Waals surface area contributed by atoms with Crippen LogP contribution in [0.3, 0.4) is 0 Å². The first kappa shape index (κ1) is 29.3. The van der Waals surface area contributed by atoms with E-state index in [0.29, 0.717) is 41.9 Å². The summed E-state index contributed by atoms with van der Waals surface area (Å²) in [6.07, 6.45) is 8.84. The highest BCUT2D eigenvalue weighted by molar-refractivity contribution is 7.92. The number of aliphatic hydroxyl groups excluding tert-OH is 2. The number of Topliss-reactive ketones (excluding diaryl/α,β-unsaturated/α-hetero) is 1. The zero-order valence-corrected chi connectivity index (χ0v) is 25.2. The molecule has 4 aliphatic carbocycles. The van der Waals surface area contributed by atoms with Crippen LogP contribution < -0.4 is 0 Å². The van der Waals surface area contributed by atoms with Crippen molar-refractivity contribution in [2.45, 2.75) is 109 Å². The van der Waals surface area contributed by atoms with Crippen LogP contribution in [0.25, 0.3) is 0 Å². The van der Waals surface area contributed by atoms with Crippen LogP contribution >= 0.6 is 0 Å². The summed E-state index contributed by atoms with van der Waals surface area (Å²) in [6, 6.07) is 8.27. The molecule has 218 valence electrons. The molecule has 0 radical (unpaired) electrons. The van der Waals surface area contributed by atoms with Crippen molar-refractivity contribution in [3.63, 3.8) is 0 Å². The van der Waals surface area contributed by atoms with Crippen LogP contribution in [0.5, 0.6) is 0 Å².